The molecule has 0 unspecified atom stereocenters. The molecular weight excluding hydrogens is 300 g/mol. The fourth-order valence-corrected chi connectivity index (χ4v) is 2.59. The molecule has 0 fully saturated rings. The number of methoxy groups -OCH3 is 1. The molecule has 1 N–H and O–H groups in total. The molecule has 2 aromatic heterocycles. The van der Waals surface area contributed by atoms with Crippen molar-refractivity contribution in [3.8, 4) is 0 Å². The number of hydrogen-bond acceptors (Lipinski definition) is 6. The van der Waals surface area contributed by atoms with Gasteiger partial charge in [-0.1, -0.05) is 28.5 Å². The highest BCUT2D eigenvalue weighted by Crippen LogP contribution is 2.24. The molecule has 1 aromatic carbocycles. The van der Waals surface area contributed by atoms with Crippen molar-refractivity contribution >= 4 is 34.4 Å². The number of hydrogen-bond donors (Lipinski definition) is 1. The van der Waals surface area contributed by atoms with E-state index < -0.39 is 0 Å². The number of thioether (sulfide) groups is 1. The molecule has 20 heavy (non-hydrogen) atoms. The van der Waals surface area contributed by atoms with Crippen molar-refractivity contribution in [1.82, 2.24) is 20.1 Å². The number of imidazole rings is 1. The number of benzene rings is 1. The monoisotopic (exact) mass is 310 g/mol. The molecule has 0 radical (unpaired) electrons. The van der Waals surface area contributed by atoms with E-state index in [4.69, 9.17) is 20.9 Å². The summed E-state index contributed by atoms with van der Waals surface area (Å²) in [6, 6.07) is 5.54. The smallest absolute Gasteiger partial charge is 0.252 e. The Balaban J connectivity index is 1.69. The highest BCUT2D eigenvalue weighted by Gasteiger charge is 2.09. The van der Waals surface area contributed by atoms with Crippen molar-refractivity contribution in [2.45, 2.75) is 17.5 Å². The minimum Gasteiger partial charge on any atom is -0.375 e. The average Bonchev–Trinajstić information content (AvgIpc) is 3.02. The first-order chi connectivity index (χ1) is 9.74. The van der Waals surface area contributed by atoms with E-state index in [1.165, 1.54) is 11.8 Å². The summed E-state index contributed by atoms with van der Waals surface area (Å²) < 4.78 is 9.94. The Morgan fingerprint density at radius 3 is 3.15 bits per heavy atom. The summed E-state index contributed by atoms with van der Waals surface area (Å²) in [5.74, 6) is 1.65. The van der Waals surface area contributed by atoms with Gasteiger partial charge in [0.05, 0.1) is 16.8 Å². The third-order valence-corrected chi connectivity index (χ3v) is 3.64. The molecular formula is C12H11ClN4O2S. The maximum Gasteiger partial charge on any atom is 0.252 e. The molecule has 0 bridgehead atoms. The van der Waals surface area contributed by atoms with Gasteiger partial charge in [0.15, 0.2) is 11.0 Å². The summed E-state index contributed by atoms with van der Waals surface area (Å²) >= 11 is 7.44. The van der Waals surface area contributed by atoms with Crippen LogP contribution in [0.3, 0.4) is 0 Å². The van der Waals surface area contributed by atoms with E-state index in [9.17, 15) is 0 Å². The van der Waals surface area contributed by atoms with Crippen molar-refractivity contribution < 1.29 is 9.26 Å². The number of fused-ring (bicyclic) bond motifs is 1. The van der Waals surface area contributed by atoms with Crippen LogP contribution in [0.1, 0.15) is 11.7 Å². The SMILES string of the molecule is COCc1nc(CSc2nc3ccc(Cl)cc3[nH]2)no1. The molecule has 0 aliphatic carbocycles. The highest BCUT2D eigenvalue weighted by molar-refractivity contribution is 7.98. The summed E-state index contributed by atoms with van der Waals surface area (Å²) in [5, 5.41) is 5.34. The summed E-state index contributed by atoms with van der Waals surface area (Å²) in [6.07, 6.45) is 0. The lowest BCUT2D eigenvalue weighted by Gasteiger charge is -1.91. The zero-order valence-corrected chi connectivity index (χ0v) is 12.2. The first kappa shape index (κ1) is 13.4. The largest absolute Gasteiger partial charge is 0.375 e. The van der Waals surface area contributed by atoms with E-state index in [0.29, 0.717) is 29.1 Å². The fraction of sp³-hybridized carbons (Fsp3) is 0.250. The van der Waals surface area contributed by atoms with Gasteiger partial charge in [0.2, 0.25) is 0 Å². The van der Waals surface area contributed by atoms with Crippen molar-refractivity contribution in [1.29, 1.82) is 0 Å². The Labute approximate surface area is 123 Å². The normalized spacial score (nSPS) is 11.3. The van der Waals surface area contributed by atoms with Crippen molar-refractivity contribution in [3.05, 3.63) is 34.9 Å². The van der Waals surface area contributed by atoms with Gasteiger partial charge in [-0.25, -0.2) is 4.98 Å². The summed E-state index contributed by atoms with van der Waals surface area (Å²) in [4.78, 5) is 11.8. The van der Waals surface area contributed by atoms with Crippen molar-refractivity contribution in [2.75, 3.05) is 7.11 Å². The predicted molar refractivity (Wildman–Crippen MR) is 75.7 cm³/mol. The number of nitrogens with one attached hydrogen (secondary N) is 1. The Morgan fingerprint density at radius 2 is 2.30 bits per heavy atom. The van der Waals surface area contributed by atoms with Gasteiger partial charge in [0.25, 0.3) is 5.89 Å². The van der Waals surface area contributed by atoms with Crippen LogP contribution >= 0.6 is 23.4 Å². The summed E-state index contributed by atoms with van der Waals surface area (Å²) in [7, 11) is 1.58. The molecule has 8 heteroatoms. The number of nitrogens with zero attached hydrogens (tertiary/aromatic N) is 3. The zero-order valence-electron chi connectivity index (χ0n) is 10.6. The standard InChI is InChI=1S/C12H11ClN4O2S/c1-18-5-11-16-10(17-19-11)6-20-12-14-8-3-2-7(13)4-9(8)15-12/h2-4H,5-6H2,1H3,(H,14,15). The van der Waals surface area contributed by atoms with Crippen LogP contribution in [0.25, 0.3) is 11.0 Å². The molecule has 0 aliphatic heterocycles. The maximum atomic E-state index is 5.93. The van der Waals surface area contributed by atoms with Crippen molar-refractivity contribution in [2.24, 2.45) is 0 Å². The van der Waals surface area contributed by atoms with E-state index in [1.807, 2.05) is 18.2 Å². The van der Waals surface area contributed by atoms with Crippen LogP contribution in [0.15, 0.2) is 27.9 Å². The zero-order chi connectivity index (χ0) is 13.9. The van der Waals surface area contributed by atoms with Gasteiger partial charge in [-0.05, 0) is 18.2 Å². The maximum absolute atomic E-state index is 5.93. The molecule has 104 valence electrons. The van der Waals surface area contributed by atoms with Crippen molar-refractivity contribution in [3.63, 3.8) is 0 Å². The van der Waals surface area contributed by atoms with Gasteiger partial charge >= 0.3 is 0 Å². The molecule has 2 heterocycles. The molecule has 0 spiro atoms. The number of H-pyrrole nitrogens is 1. The van der Waals surface area contributed by atoms with Gasteiger partial charge in [-0.2, -0.15) is 4.98 Å². The van der Waals surface area contributed by atoms with E-state index in [1.54, 1.807) is 7.11 Å². The third kappa shape index (κ3) is 2.95. The minimum atomic E-state index is 0.320. The van der Waals surface area contributed by atoms with Gasteiger partial charge in [0, 0.05) is 12.1 Å². The molecule has 0 saturated heterocycles. The van der Waals surface area contributed by atoms with Crippen LogP contribution < -0.4 is 0 Å². The third-order valence-electron chi connectivity index (χ3n) is 2.54. The Hall–Kier alpha value is -1.57. The molecule has 6 nitrogen and oxygen atoms in total. The molecule has 3 aromatic rings. The lowest BCUT2D eigenvalue weighted by Crippen LogP contribution is -1.88. The Bertz CT molecular complexity index is 727. The molecule has 0 saturated carbocycles. The number of rotatable bonds is 5. The van der Waals surface area contributed by atoms with Gasteiger partial charge < -0.3 is 14.2 Å². The minimum absolute atomic E-state index is 0.320. The van der Waals surface area contributed by atoms with E-state index in [2.05, 4.69) is 20.1 Å². The average molecular weight is 311 g/mol. The first-order valence-electron chi connectivity index (χ1n) is 5.83. The van der Waals surface area contributed by atoms with E-state index >= 15 is 0 Å². The fourth-order valence-electron chi connectivity index (χ4n) is 1.69. The number of halogens is 1. The van der Waals surface area contributed by atoms with Gasteiger partial charge in [-0.3, -0.25) is 0 Å². The van der Waals surface area contributed by atoms with Crippen LogP contribution in [0.4, 0.5) is 0 Å². The first-order valence-corrected chi connectivity index (χ1v) is 7.19. The molecule has 0 aliphatic rings. The lowest BCUT2D eigenvalue weighted by atomic mass is 10.3. The van der Waals surface area contributed by atoms with Gasteiger partial charge in [0.1, 0.15) is 6.61 Å². The highest BCUT2D eigenvalue weighted by atomic mass is 35.5. The second-order valence-corrected chi connectivity index (χ2v) is 5.43. The number of ether oxygens (including phenoxy) is 1. The second-order valence-electron chi connectivity index (χ2n) is 4.03. The molecule has 0 amide bonds. The number of aromatic amines is 1. The van der Waals surface area contributed by atoms with E-state index in [0.717, 1.165) is 16.2 Å². The van der Waals surface area contributed by atoms with E-state index in [-0.39, 0.29) is 0 Å². The summed E-state index contributed by atoms with van der Waals surface area (Å²) in [5.41, 5.74) is 1.79. The van der Waals surface area contributed by atoms with Crippen LogP contribution in [0.5, 0.6) is 0 Å². The summed E-state index contributed by atoms with van der Waals surface area (Å²) in [6.45, 7) is 0.320. The van der Waals surface area contributed by atoms with Gasteiger partial charge in [-0.15, -0.1) is 0 Å². The van der Waals surface area contributed by atoms with Crippen LogP contribution in [-0.2, 0) is 17.1 Å². The van der Waals surface area contributed by atoms with Crippen LogP contribution in [0.2, 0.25) is 5.02 Å². The predicted octanol–water partition coefficient (Wildman–Crippen LogP) is 3.04. The second kappa shape index (κ2) is 5.82. The lowest BCUT2D eigenvalue weighted by molar-refractivity contribution is 0.151. The van der Waals surface area contributed by atoms with Crippen LogP contribution in [0, 0.1) is 0 Å². The number of aromatic nitrogens is 4. The Kier molecular flexibility index (Phi) is 3.90. The Morgan fingerprint density at radius 1 is 1.40 bits per heavy atom. The molecule has 0 atom stereocenters. The molecule has 3 rings (SSSR count). The van der Waals surface area contributed by atoms with Crippen LogP contribution in [-0.4, -0.2) is 27.2 Å². The topological polar surface area (TPSA) is 76.8 Å². The quantitative estimate of drug-likeness (QED) is 0.730.